The Hall–Kier alpha value is -0.0500. The Morgan fingerprint density at radius 2 is 1.94 bits per heavy atom. The van der Waals surface area contributed by atoms with Crippen molar-refractivity contribution < 1.29 is 4.79 Å². The van der Waals surface area contributed by atoms with Crippen molar-refractivity contribution in [2.45, 2.75) is 56.7 Å². The predicted molar refractivity (Wildman–Crippen MR) is 74.2 cm³/mol. The minimum Gasteiger partial charge on any atom is -0.355 e. The van der Waals surface area contributed by atoms with Crippen molar-refractivity contribution in [3.8, 4) is 0 Å². The maximum absolute atomic E-state index is 12.0. The van der Waals surface area contributed by atoms with Crippen LogP contribution in [0.3, 0.4) is 0 Å². The minimum absolute atomic E-state index is 0.292. The summed E-state index contributed by atoms with van der Waals surface area (Å²) in [4.78, 5) is 12.4. The number of hydrogen-bond donors (Lipinski definition) is 1. The van der Waals surface area contributed by atoms with Gasteiger partial charge in [-0.3, -0.25) is 4.79 Å². The summed E-state index contributed by atoms with van der Waals surface area (Å²) in [7, 11) is 0. The van der Waals surface area contributed by atoms with Gasteiger partial charge in [0.15, 0.2) is 0 Å². The van der Waals surface area contributed by atoms with E-state index in [2.05, 4.69) is 28.2 Å². The number of amides is 1. The number of carbonyl (C=O) groups is 1. The lowest BCUT2D eigenvalue weighted by atomic mass is 9.67. The molecule has 3 heteroatoms. The fourth-order valence-corrected chi connectivity index (χ4v) is 3.66. The molecule has 98 valence electrons. The summed E-state index contributed by atoms with van der Waals surface area (Å²) in [6.45, 7) is 2.82. The molecule has 4 unspecified atom stereocenters. The summed E-state index contributed by atoms with van der Waals surface area (Å²) < 4.78 is 0. The van der Waals surface area contributed by atoms with Crippen LogP contribution in [0.1, 0.15) is 51.9 Å². The van der Waals surface area contributed by atoms with E-state index in [1.165, 1.54) is 32.1 Å². The SMILES string of the molecule is CC(Br)CNC(=O)C1CCC2CCCCC2C1. The molecule has 2 nitrogen and oxygen atoms in total. The number of carbonyl (C=O) groups excluding carboxylic acids is 1. The molecule has 1 amide bonds. The van der Waals surface area contributed by atoms with Crippen molar-refractivity contribution >= 4 is 21.8 Å². The molecule has 4 atom stereocenters. The summed E-state index contributed by atoms with van der Waals surface area (Å²) in [5, 5.41) is 3.06. The molecule has 2 saturated carbocycles. The maximum Gasteiger partial charge on any atom is 0.223 e. The zero-order valence-corrected chi connectivity index (χ0v) is 12.3. The topological polar surface area (TPSA) is 29.1 Å². The zero-order chi connectivity index (χ0) is 12.3. The van der Waals surface area contributed by atoms with Gasteiger partial charge in [-0.1, -0.05) is 48.5 Å². The van der Waals surface area contributed by atoms with E-state index in [1.807, 2.05) is 0 Å². The second-order valence-corrected chi connectivity index (χ2v) is 7.40. The van der Waals surface area contributed by atoms with E-state index in [0.717, 1.165) is 31.2 Å². The third-order valence-electron chi connectivity index (χ3n) is 4.47. The first-order valence-corrected chi connectivity index (χ1v) is 8.00. The van der Waals surface area contributed by atoms with E-state index >= 15 is 0 Å². The molecule has 0 aromatic heterocycles. The number of rotatable bonds is 3. The first-order valence-electron chi connectivity index (χ1n) is 7.08. The Kier molecular flexibility index (Phi) is 4.89. The van der Waals surface area contributed by atoms with E-state index in [9.17, 15) is 4.79 Å². The molecular weight excluding hydrogens is 278 g/mol. The van der Waals surface area contributed by atoms with Gasteiger partial charge in [-0.25, -0.2) is 0 Å². The van der Waals surface area contributed by atoms with Gasteiger partial charge >= 0.3 is 0 Å². The van der Waals surface area contributed by atoms with Crippen LogP contribution in [0, 0.1) is 17.8 Å². The molecule has 0 aromatic rings. The molecule has 1 N–H and O–H groups in total. The van der Waals surface area contributed by atoms with E-state index in [4.69, 9.17) is 0 Å². The van der Waals surface area contributed by atoms with Crippen LogP contribution in [0.15, 0.2) is 0 Å². The first-order chi connectivity index (χ1) is 8.16. The second-order valence-electron chi connectivity index (χ2n) is 5.84. The van der Waals surface area contributed by atoms with Crippen LogP contribution < -0.4 is 5.32 Å². The molecule has 0 heterocycles. The molecule has 2 fully saturated rings. The maximum atomic E-state index is 12.0. The first kappa shape index (κ1) is 13.4. The number of nitrogens with one attached hydrogen (secondary N) is 1. The highest BCUT2D eigenvalue weighted by Gasteiger charge is 2.34. The summed E-state index contributed by atoms with van der Waals surface area (Å²) >= 11 is 3.47. The Morgan fingerprint density at radius 3 is 2.65 bits per heavy atom. The van der Waals surface area contributed by atoms with E-state index in [-0.39, 0.29) is 0 Å². The van der Waals surface area contributed by atoms with Gasteiger partial charge < -0.3 is 5.32 Å². The monoisotopic (exact) mass is 301 g/mol. The molecule has 2 rings (SSSR count). The molecular formula is C14H24BrNO. The quantitative estimate of drug-likeness (QED) is 0.794. The van der Waals surface area contributed by atoms with Crippen molar-refractivity contribution in [2.75, 3.05) is 6.54 Å². The molecule has 0 spiro atoms. The normalized spacial score (nSPS) is 34.8. The van der Waals surface area contributed by atoms with Crippen molar-refractivity contribution in [3.63, 3.8) is 0 Å². The second kappa shape index (κ2) is 6.21. The van der Waals surface area contributed by atoms with E-state index < -0.39 is 0 Å². The highest BCUT2D eigenvalue weighted by molar-refractivity contribution is 9.09. The summed E-state index contributed by atoms with van der Waals surface area (Å²) in [5.74, 6) is 2.36. The van der Waals surface area contributed by atoms with Gasteiger partial charge in [0.1, 0.15) is 0 Å². The third-order valence-corrected chi connectivity index (χ3v) is 4.79. The van der Waals surface area contributed by atoms with Crippen LogP contribution >= 0.6 is 15.9 Å². The molecule has 0 aliphatic heterocycles. The van der Waals surface area contributed by atoms with Crippen molar-refractivity contribution in [1.82, 2.24) is 5.32 Å². The van der Waals surface area contributed by atoms with Crippen molar-refractivity contribution in [1.29, 1.82) is 0 Å². The smallest absolute Gasteiger partial charge is 0.223 e. The van der Waals surface area contributed by atoms with Gasteiger partial charge in [-0.05, 0) is 31.1 Å². The number of fused-ring (bicyclic) bond motifs is 1. The number of halogens is 1. The van der Waals surface area contributed by atoms with Gasteiger partial charge in [0.05, 0.1) is 0 Å². The zero-order valence-electron chi connectivity index (χ0n) is 10.8. The number of alkyl halides is 1. The van der Waals surface area contributed by atoms with Crippen LogP contribution in [0.25, 0.3) is 0 Å². The van der Waals surface area contributed by atoms with Crippen molar-refractivity contribution in [2.24, 2.45) is 17.8 Å². The van der Waals surface area contributed by atoms with Crippen LogP contribution in [-0.2, 0) is 4.79 Å². The van der Waals surface area contributed by atoms with Gasteiger partial charge in [0, 0.05) is 17.3 Å². The fraction of sp³-hybridized carbons (Fsp3) is 0.929. The van der Waals surface area contributed by atoms with Crippen LogP contribution in [0.4, 0.5) is 0 Å². The van der Waals surface area contributed by atoms with Gasteiger partial charge in [-0.2, -0.15) is 0 Å². The Bertz CT molecular complexity index is 267. The number of hydrogen-bond acceptors (Lipinski definition) is 1. The van der Waals surface area contributed by atoms with Crippen LogP contribution in [0.2, 0.25) is 0 Å². The largest absolute Gasteiger partial charge is 0.355 e. The molecule has 17 heavy (non-hydrogen) atoms. The van der Waals surface area contributed by atoms with Gasteiger partial charge in [0.25, 0.3) is 0 Å². The predicted octanol–water partition coefficient (Wildman–Crippen LogP) is 3.49. The lowest BCUT2D eigenvalue weighted by Gasteiger charge is -2.38. The van der Waals surface area contributed by atoms with Crippen LogP contribution in [0.5, 0.6) is 0 Å². The fourth-order valence-electron chi connectivity index (χ4n) is 3.50. The lowest BCUT2D eigenvalue weighted by molar-refractivity contribution is -0.127. The summed E-state index contributed by atoms with van der Waals surface area (Å²) in [5.41, 5.74) is 0. The highest BCUT2D eigenvalue weighted by Crippen LogP contribution is 2.42. The minimum atomic E-state index is 0.292. The molecule has 0 radical (unpaired) electrons. The van der Waals surface area contributed by atoms with Gasteiger partial charge in [0.2, 0.25) is 5.91 Å². The standard InChI is InChI=1S/C14H24BrNO/c1-10(15)9-16-14(17)13-7-6-11-4-2-3-5-12(11)8-13/h10-13H,2-9H2,1H3,(H,16,17). The molecule has 2 aliphatic rings. The lowest BCUT2D eigenvalue weighted by Crippen LogP contribution is -2.38. The van der Waals surface area contributed by atoms with E-state index in [1.54, 1.807) is 0 Å². The van der Waals surface area contributed by atoms with Crippen molar-refractivity contribution in [3.05, 3.63) is 0 Å². The van der Waals surface area contributed by atoms with Gasteiger partial charge in [-0.15, -0.1) is 0 Å². The molecule has 0 bridgehead atoms. The summed E-state index contributed by atoms with van der Waals surface area (Å²) in [6, 6.07) is 0. The summed E-state index contributed by atoms with van der Waals surface area (Å²) in [6.07, 6.45) is 9.12. The molecule has 2 aliphatic carbocycles. The molecule has 0 saturated heterocycles. The Morgan fingerprint density at radius 1 is 1.24 bits per heavy atom. The Balaban J connectivity index is 1.80. The third kappa shape index (κ3) is 3.70. The average molecular weight is 302 g/mol. The average Bonchev–Trinajstić information content (AvgIpc) is 2.35. The highest BCUT2D eigenvalue weighted by atomic mass is 79.9. The Labute approximate surface area is 113 Å². The van der Waals surface area contributed by atoms with Crippen LogP contribution in [-0.4, -0.2) is 17.3 Å². The molecule has 0 aromatic carbocycles. The van der Waals surface area contributed by atoms with E-state index in [0.29, 0.717) is 16.7 Å².